The van der Waals surface area contributed by atoms with Crippen LogP contribution in [0.2, 0.25) is 0 Å². The van der Waals surface area contributed by atoms with E-state index >= 15 is 0 Å². The lowest BCUT2D eigenvalue weighted by Gasteiger charge is -2.44. The molecule has 0 unspecified atom stereocenters. The lowest BCUT2D eigenvalue weighted by molar-refractivity contribution is -0.349. The van der Waals surface area contributed by atoms with Crippen LogP contribution in [0, 0.1) is 0 Å². The highest BCUT2D eigenvalue weighted by Crippen LogP contribution is 2.28. The molecule has 0 aromatic heterocycles. The average Bonchev–Trinajstić information content (AvgIpc) is 2.73. The molecule has 0 aliphatic carbocycles. The molecule has 0 radical (unpaired) electrons. The third kappa shape index (κ3) is 5.30. The summed E-state index contributed by atoms with van der Waals surface area (Å²) in [5.41, 5.74) is 1.02. The second kappa shape index (κ2) is 10.2. The van der Waals surface area contributed by atoms with Gasteiger partial charge in [0, 0.05) is 0 Å². The summed E-state index contributed by atoms with van der Waals surface area (Å²) in [6.45, 7) is -0.638. The van der Waals surface area contributed by atoms with Gasteiger partial charge >= 0.3 is 0 Å². The molecule has 0 amide bonds. The van der Waals surface area contributed by atoms with Crippen LogP contribution in [-0.4, -0.2) is 106 Å². The van der Waals surface area contributed by atoms with Gasteiger partial charge in [-0.1, -0.05) is 30.3 Å². The molecule has 6 N–H and O–H groups in total. The SMILES string of the molecule is OC[C@H]1O[C@@H](OCCc2ccccc2)[C@H](O)[C@@H](O[C@@H]2OC[C@@H](O)[C@H](O)[C@H]2O)[C@@H]1O. The molecular formula is C19H28O10. The van der Waals surface area contributed by atoms with Crippen molar-refractivity contribution < 1.29 is 49.6 Å². The minimum Gasteiger partial charge on any atom is -0.394 e. The van der Waals surface area contributed by atoms with E-state index in [-0.39, 0.29) is 13.2 Å². The minimum atomic E-state index is -1.59. The predicted molar refractivity (Wildman–Crippen MR) is 96.5 cm³/mol. The zero-order valence-electron chi connectivity index (χ0n) is 15.7. The van der Waals surface area contributed by atoms with Gasteiger partial charge in [-0.15, -0.1) is 0 Å². The fourth-order valence-corrected chi connectivity index (χ4v) is 3.34. The maximum absolute atomic E-state index is 10.6. The van der Waals surface area contributed by atoms with Crippen molar-refractivity contribution in [3.05, 3.63) is 35.9 Å². The first-order valence-corrected chi connectivity index (χ1v) is 9.51. The number of rotatable bonds is 7. The van der Waals surface area contributed by atoms with Gasteiger partial charge in [0.25, 0.3) is 0 Å². The van der Waals surface area contributed by atoms with E-state index in [1.807, 2.05) is 30.3 Å². The monoisotopic (exact) mass is 416 g/mol. The van der Waals surface area contributed by atoms with E-state index in [1.54, 1.807) is 0 Å². The molecule has 2 heterocycles. The van der Waals surface area contributed by atoms with Crippen molar-refractivity contribution in [3.8, 4) is 0 Å². The summed E-state index contributed by atoms with van der Waals surface area (Å²) in [4.78, 5) is 0. The Morgan fingerprint density at radius 3 is 2.31 bits per heavy atom. The third-order valence-electron chi connectivity index (χ3n) is 5.08. The number of ether oxygens (including phenoxy) is 4. The van der Waals surface area contributed by atoms with E-state index in [0.29, 0.717) is 6.42 Å². The molecule has 10 heteroatoms. The van der Waals surface area contributed by atoms with Crippen LogP contribution in [0.1, 0.15) is 5.56 Å². The highest BCUT2D eigenvalue weighted by molar-refractivity contribution is 5.14. The third-order valence-corrected chi connectivity index (χ3v) is 5.08. The van der Waals surface area contributed by atoms with Gasteiger partial charge in [-0.25, -0.2) is 0 Å². The first-order valence-electron chi connectivity index (χ1n) is 9.51. The maximum atomic E-state index is 10.6. The second-order valence-electron chi connectivity index (χ2n) is 7.16. The van der Waals surface area contributed by atoms with Gasteiger partial charge in [0.15, 0.2) is 12.6 Å². The van der Waals surface area contributed by atoms with Gasteiger partial charge < -0.3 is 49.6 Å². The number of aliphatic hydroxyl groups excluding tert-OH is 6. The highest BCUT2D eigenvalue weighted by atomic mass is 16.7. The Labute approximate surface area is 167 Å². The summed E-state index contributed by atoms with van der Waals surface area (Å²) in [5.74, 6) is 0. The van der Waals surface area contributed by atoms with Crippen LogP contribution in [-0.2, 0) is 25.4 Å². The van der Waals surface area contributed by atoms with Crippen LogP contribution in [0.4, 0.5) is 0 Å². The summed E-state index contributed by atoms with van der Waals surface area (Å²) in [5, 5.41) is 59.8. The van der Waals surface area contributed by atoms with Crippen molar-refractivity contribution in [1.82, 2.24) is 0 Å². The molecule has 1 aromatic carbocycles. The molecular weight excluding hydrogens is 388 g/mol. The first-order chi connectivity index (χ1) is 13.9. The van der Waals surface area contributed by atoms with Crippen molar-refractivity contribution in [3.63, 3.8) is 0 Å². The lowest BCUT2D eigenvalue weighted by Crippen LogP contribution is -2.63. The highest BCUT2D eigenvalue weighted by Gasteiger charge is 2.49. The van der Waals surface area contributed by atoms with Crippen LogP contribution < -0.4 is 0 Å². The largest absolute Gasteiger partial charge is 0.394 e. The Balaban J connectivity index is 1.62. The quantitative estimate of drug-likeness (QED) is 0.281. The summed E-state index contributed by atoms with van der Waals surface area (Å²) in [6, 6.07) is 9.53. The molecule has 1 aromatic rings. The van der Waals surface area contributed by atoms with E-state index in [2.05, 4.69) is 0 Å². The minimum absolute atomic E-state index is 0.208. The van der Waals surface area contributed by atoms with Crippen LogP contribution >= 0.6 is 0 Å². The Bertz CT molecular complexity index is 616. The summed E-state index contributed by atoms with van der Waals surface area (Å²) in [6.07, 6.45) is -11.7. The zero-order valence-corrected chi connectivity index (χ0v) is 15.7. The van der Waals surface area contributed by atoms with Gasteiger partial charge in [-0.2, -0.15) is 0 Å². The van der Waals surface area contributed by atoms with Crippen molar-refractivity contribution in [2.45, 2.75) is 61.7 Å². The number of hydrogen-bond acceptors (Lipinski definition) is 10. The molecule has 2 fully saturated rings. The Morgan fingerprint density at radius 1 is 0.897 bits per heavy atom. The number of benzene rings is 1. The first kappa shape index (κ1) is 22.5. The van der Waals surface area contributed by atoms with E-state index in [1.165, 1.54) is 0 Å². The predicted octanol–water partition coefficient (Wildman–Crippen LogP) is -2.49. The summed E-state index contributed by atoms with van der Waals surface area (Å²) >= 11 is 0. The van der Waals surface area contributed by atoms with Crippen molar-refractivity contribution >= 4 is 0 Å². The summed E-state index contributed by atoms with van der Waals surface area (Å²) in [7, 11) is 0. The number of aliphatic hydroxyl groups is 6. The van der Waals surface area contributed by atoms with Gasteiger partial charge in [-0.3, -0.25) is 0 Å². The molecule has 2 aliphatic heterocycles. The molecule has 10 nitrogen and oxygen atoms in total. The van der Waals surface area contributed by atoms with Gasteiger partial charge in [0.1, 0.15) is 42.7 Å². The molecule has 0 saturated carbocycles. The standard InChI is InChI=1S/C19H28O10/c20-8-12-14(23)17(29-18-15(24)13(22)11(21)9-27-18)16(25)19(28-12)26-7-6-10-4-2-1-3-5-10/h1-5,11-25H,6-9H2/t11-,12-,13+,14-,15-,16-,17+,18+,19-/m1/s1. The van der Waals surface area contributed by atoms with Crippen molar-refractivity contribution in [2.24, 2.45) is 0 Å². The second-order valence-corrected chi connectivity index (χ2v) is 7.16. The van der Waals surface area contributed by atoms with Crippen LogP contribution in [0.5, 0.6) is 0 Å². The summed E-state index contributed by atoms with van der Waals surface area (Å²) < 4.78 is 21.7. The van der Waals surface area contributed by atoms with E-state index in [9.17, 15) is 30.6 Å². The van der Waals surface area contributed by atoms with Crippen LogP contribution in [0.3, 0.4) is 0 Å². The van der Waals surface area contributed by atoms with E-state index in [4.69, 9.17) is 18.9 Å². The van der Waals surface area contributed by atoms with Gasteiger partial charge in [0.2, 0.25) is 0 Å². The number of hydrogen-bond donors (Lipinski definition) is 6. The zero-order chi connectivity index (χ0) is 21.0. The van der Waals surface area contributed by atoms with E-state index in [0.717, 1.165) is 5.56 Å². The normalized spacial score (nSPS) is 40.7. The van der Waals surface area contributed by atoms with Crippen molar-refractivity contribution in [2.75, 3.05) is 19.8 Å². The molecule has 2 saturated heterocycles. The van der Waals surface area contributed by atoms with Crippen LogP contribution in [0.15, 0.2) is 30.3 Å². The average molecular weight is 416 g/mol. The van der Waals surface area contributed by atoms with Gasteiger partial charge in [0.05, 0.1) is 19.8 Å². The Kier molecular flexibility index (Phi) is 7.93. The Morgan fingerprint density at radius 2 is 1.62 bits per heavy atom. The fraction of sp³-hybridized carbons (Fsp3) is 0.684. The lowest BCUT2D eigenvalue weighted by atomic mass is 9.98. The smallest absolute Gasteiger partial charge is 0.186 e. The van der Waals surface area contributed by atoms with Crippen LogP contribution in [0.25, 0.3) is 0 Å². The van der Waals surface area contributed by atoms with Crippen molar-refractivity contribution in [1.29, 1.82) is 0 Å². The molecule has 0 spiro atoms. The fourth-order valence-electron chi connectivity index (χ4n) is 3.34. The molecule has 29 heavy (non-hydrogen) atoms. The maximum Gasteiger partial charge on any atom is 0.186 e. The van der Waals surface area contributed by atoms with Gasteiger partial charge in [-0.05, 0) is 12.0 Å². The van der Waals surface area contributed by atoms with E-state index < -0.39 is 61.9 Å². The Hall–Kier alpha value is -1.18. The molecule has 164 valence electrons. The molecule has 9 atom stereocenters. The topological polar surface area (TPSA) is 158 Å². The molecule has 3 rings (SSSR count). The molecule has 0 bridgehead atoms. The molecule has 2 aliphatic rings.